The molecule has 0 aliphatic heterocycles. The lowest BCUT2D eigenvalue weighted by atomic mass is 10.0. The van der Waals surface area contributed by atoms with E-state index in [1.54, 1.807) is 6.92 Å². The zero-order valence-corrected chi connectivity index (χ0v) is 10.6. The number of anilines is 1. The Kier molecular flexibility index (Phi) is 4.36. The summed E-state index contributed by atoms with van der Waals surface area (Å²) in [7, 11) is 3.96. The number of nitrogens with zero attached hydrogens (tertiary/aromatic N) is 2. The van der Waals surface area contributed by atoms with Gasteiger partial charge in [0, 0.05) is 32.3 Å². The van der Waals surface area contributed by atoms with Crippen molar-refractivity contribution in [1.82, 2.24) is 0 Å². The third kappa shape index (κ3) is 4.33. The molecule has 0 heterocycles. The molecule has 1 atom stereocenters. The van der Waals surface area contributed by atoms with Crippen LogP contribution in [0.5, 0.6) is 5.75 Å². The fraction of sp³-hybridized carbons (Fsp3) is 0.462. The fourth-order valence-electron chi connectivity index (χ4n) is 1.29. The Labute approximate surface area is 103 Å². The summed E-state index contributed by atoms with van der Waals surface area (Å²) in [4.78, 5) is 2.01. The number of rotatable bonds is 5. The first-order chi connectivity index (χ1) is 7.94. The molecule has 1 aromatic carbocycles. The Morgan fingerprint density at radius 1 is 1.47 bits per heavy atom. The van der Waals surface area contributed by atoms with Gasteiger partial charge in [-0.3, -0.25) is 0 Å². The zero-order chi connectivity index (χ0) is 12.9. The molecule has 0 aliphatic carbocycles. The summed E-state index contributed by atoms with van der Waals surface area (Å²) < 4.78 is 5.58. The second-order valence-electron chi connectivity index (χ2n) is 4.52. The van der Waals surface area contributed by atoms with E-state index in [0.29, 0.717) is 13.0 Å². The lowest BCUT2D eigenvalue weighted by Gasteiger charge is -2.17. The van der Waals surface area contributed by atoms with E-state index in [2.05, 4.69) is 0 Å². The zero-order valence-electron chi connectivity index (χ0n) is 10.6. The van der Waals surface area contributed by atoms with Gasteiger partial charge in [0.05, 0.1) is 12.7 Å². The van der Waals surface area contributed by atoms with E-state index in [9.17, 15) is 0 Å². The molecule has 0 radical (unpaired) electrons. The molecule has 1 unspecified atom stereocenters. The molecule has 0 saturated carbocycles. The smallest absolute Gasteiger partial charge is 0.121 e. The number of nitriles is 1. The van der Waals surface area contributed by atoms with Crippen molar-refractivity contribution in [3.63, 3.8) is 0 Å². The van der Waals surface area contributed by atoms with E-state index in [0.717, 1.165) is 11.4 Å². The highest BCUT2D eigenvalue weighted by Gasteiger charge is 2.16. The van der Waals surface area contributed by atoms with Crippen LogP contribution in [0.4, 0.5) is 5.69 Å². The number of nitrogens with two attached hydrogens (primary N) is 1. The van der Waals surface area contributed by atoms with Gasteiger partial charge in [-0.25, -0.2) is 0 Å². The minimum atomic E-state index is -0.820. The van der Waals surface area contributed by atoms with Crippen molar-refractivity contribution < 1.29 is 4.74 Å². The fourth-order valence-corrected chi connectivity index (χ4v) is 1.29. The van der Waals surface area contributed by atoms with Gasteiger partial charge in [0.1, 0.15) is 11.3 Å². The van der Waals surface area contributed by atoms with Crippen molar-refractivity contribution >= 4 is 5.69 Å². The third-order valence-corrected chi connectivity index (χ3v) is 2.48. The molecule has 92 valence electrons. The number of hydrogen-bond acceptors (Lipinski definition) is 4. The van der Waals surface area contributed by atoms with Crippen molar-refractivity contribution in [2.75, 3.05) is 25.6 Å². The van der Waals surface area contributed by atoms with E-state index in [-0.39, 0.29) is 0 Å². The summed E-state index contributed by atoms with van der Waals surface area (Å²) in [6, 6.07) is 9.85. The van der Waals surface area contributed by atoms with Crippen LogP contribution in [0.3, 0.4) is 0 Å². The van der Waals surface area contributed by atoms with Crippen LogP contribution in [0, 0.1) is 11.3 Å². The molecule has 0 bridgehead atoms. The molecule has 0 aromatic heterocycles. The maximum absolute atomic E-state index is 8.77. The van der Waals surface area contributed by atoms with E-state index in [1.807, 2.05) is 49.3 Å². The van der Waals surface area contributed by atoms with Gasteiger partial charge < -0.3 is 15.4 Å². The minimum Gasteiger partial charge on any atom is -0.493 e. The second kappa shape index (κ2) is 5.55. The van der Waals surface area contributed by atoms with Crippen LogP contribution in [0.2, 0.25) is 0 Å². The standard InChI is InChI=1S/C13H19N3O/c1-13(15,10-14)7-8-17-12-6-4-5-11(9-12)16(2)3/h4-6,9H,7-8,15H2,1-3H3. The maximum Gasteiger partial charge on any atom is 0.121 e. The molecule has 0 amide bonds. The van der Waals surface area contributed by atoms with Gasteiger partial charge in [-0.2, -0.15) is 5.26 Å². The molecular formula is C13H19N3O. The summed E-state index contributed by atoms with van der Waals surface area (Å²) >= 11 is 0. The predicted molar refractivity (Wildman–Crippen MR) is 69.1 cm³/mol. The SMILES string of the molecule is CN(C)c1cccc(OCCC(C)(N)C#N)c1. The van der Waals surface area contributed by atoms with Crippen molar-refractivity contribution in [2.45, 2.75) is 18.9 Å². The Morgan fingerprint density at radius 2 is 2.18 bits per heavy atom. The van der Waals surface area contributed by atoms with Gasteiger partial charge in [-0.15, -0.1) is 0 Å². The Balaban J connectivity index is 2.53. The molecule has 0 spiro atoms. The molecule has 4 nitrogen and oxygen atoms in total. The number of ether oxygens (including phenoxy) is 1. The molecule has 0 saturated heterocycles. The normalized spacial score (nSPS) is 13.6. The molecule has 17 heavy (non-hydrogen) atoms. The lowest BCUT2D eigenvalue weighted by Crippen LogP contribution is -2.35. The summed E-state index contributed by atoms with van der Waals surface area (Å²) in [5, 5.41) is 8.77. The first-order valence-corrected chi connectivity index (χ1v) is 5.55. The number of hydrogen-bond donors (Lipinski definition) is 1. The van der Waals surface area contributed by atoms with Gasteiger partial charge in [0.15, 0.2) is 0 Å². The molecular weight excluding hydrogens is 214 g/mol. The largest absolute Gasteiger partial charge is 0.493 e. The Morgan fingerprint density at radius 3 is 2.76 bits per heavy atom. The van der Waals surface area contributed by atoms with Gasteiger partial charge in [0.25, 0.3) is 0 Å². The molecule has 4 heteroatoms. The van der Waals surface area contributed by atoms with E-state index < -0.39 is 5.54 Å². The Bertz CT molecular complexity index is 407. The van der Waals surface area contributed by atoms with Crippen LogP contribution < -0.4 is 15.4 Å². The van der Waals surface area contributed by atoms with Crippen LogP contribution >= 0.6 is 0 Å². The van der Waals surface area contributed by atoms with Crippen molar-refractivity contribution in [2.24, 2.45) is 5.73 Å². The van der Waals surface area contributed by atoms with Gasteiger partial charge in [0.2, 0.25) is 0 Å². The average Bonchev–Trinajstić information content (AvgIpc) is 2.29. The first kappa shape index (κ1) is 13.3. The van der Waals surface area contributed by atoms with Gasteiger partial charge in [-0.05, 0) is 19.1 Å². The predicted octanol–water partition coefficient (Wildman–Crippen LogP) is 1.76. The second-order valence-corrected chi connectivity index (χ2v) is 4.52. The molecule has 2 N–H and O–H groups in total. The monoisotopic (exact) mass is 233 g/mol. The van der Waals surface area contributed by atoms with E-state index in [4.69, 9.17) is 15.7 Å². The quantitative estimate of drug-likeness (QED) is 0.841. The topological polar surface area (TPSA) is 62.3 Å². The van der Waals surface area contributed by atoms with E-state index >= 15 is 0 Å². The van der Waals surface area contributed by atoms with Gasteiger partial charge >= 0.3 is 0 Å². The van der Waals surface area contributed by atoms with Crippen LogP contribution in [0.25, 0.3) is 0 Å². The van der Waals surface area contributed by atoms with Crippen LogP contribution in [0.1, 0.15) is 13.3 Å². The van der Waals surface area contributed by atoms with Crippen LogP contribution in [0.15, 0.2) is 24.3 Å². The highest BCUT2D eigenvalue weighted by Crippen LogP contribution is 2.19. The summed E-state index contributed by atoms with van der Waals surface area (Å²) in [5.41, 5.74) is 5.97. The maximum atomic E-state index is 8.77. The van der Waals surface area contributed by atoms with Gasteiger partial charge in [-0.1, -0.05) is 6.07 Å². The highest BCUT2D eigenvalue weighted by atomic mass is 16.5. The molecule has 0 aliphatic rings. The summed E-state index contributed by atoms with van der Waals surface area (Å²) in [5.74, 6) is 0.796. The molecule has 1 aromatic rings. The first-order valence-electron chi connectivity index (χ1n) is 5.55. The van der Waals surface area contributed by atoms with Crippen LogP contribution in [-0.4, -0.2) is 26.2 Å². The summed E-state index contributed by atoms with van der Waals surface area (Å²) in [6.07, 6.45) is 0.510. The Hall–Kier alpha value is -1.73. The lowest BCUT2D eigenvalue weighted by molar-refractivity contribution is 0.286. The van der Waals surface area contributed by atoms with Crippen LogP contribution in [-0.2, 0) is 0 Å². The average molecular weight is 233 g/mol. The third-order valence-electron chi connectivity index (χ3n) is 2.48. The molecule has 0 fully saturated rings. The summed E-state index contributed by atoms with van der Waals surface area (Å²) in [6.45, 7) is 2.14. The van der Waals surface area contributed by atoms with Crippen molar-refractivity contribution in [1.29, 1.82) is 5.26 Å². The highest BCUT2D eigenvalue weighted by molar-refractivity contribution is 5.49. The number of benzene rings is 1. The molecule has 1 rings (SSSR count). The van der Waals surface area contributed by atoms with E-state index in [1.165, 1.54) is 0 Å². The van der Waals surface area contributed by atoms with Crippen molar-refractivity contribution in [3.05, 3.63) is 24.3 Å². The minimum absolute atomic E-state index is 0.442. The van der Waals surface area contributed by atoms with Crippen molar-refractivity contribution in [3.8, 4) is 11.8 Å².